The Balaban J connectivity index is 2.17. The monoisotopic (exact) mass is 170 g/mol. The van der Waals surface area contributed by atoms with Gasteiger partial charge in [-0.25, -0.2) is 5.09 Å². The molecule has 1 radical (unpaired) electrons. The number of nitrogens with zero attached hydrogens (tertiary/aromatic N) is 1. The average Bonchev–Trinajstić information content (AvgIpc) is 2.33. The van der Waals surface area contributed by atoms with E-state index in [1.165, 1.54) is 35.1 Å². The molecule has 2 aliphatic rings. The third kappa shape index (κ3) is 0.929. The van der Waals surface area contributed by atoms with Crippen LogP contribution in [0, 0.1) is 5.41 Å². The van der Waals surface area contributed by atoms with E-state index in [1.54, 1.807) is 5.31 Å². The summed E-state index contributed by atoms with van der Waals surface area (Å²) in [6, 6.07) is 0. The van der Waals surface area contributed by atoms with Gasteiger partial charge in [-0.3, -0.25) is 0 Å². The summed E-state index contributed by atoms with van der Waals surface area (Å²) in [4.78, 5) is 0. The van der Waals surface area contributed by atoms with Crippen molar-refractivity contribution in [3.8, 4) is 0 Å². The van der Waals surface area contributed by atoms with E-state index in [0.717, 1.165) is 0 Å². The van der Waals surface area contributed by atoms with Gasteiger partial charge in [0.15, 0.2) is 0 Å². The van der Waals surface area contributed by atoms with Gasteiger partial charge in [-0.15, -0.1) is 0 Å². The van der Waals surface area contributed by atoms with Crippen molar-refractivity contribution in [2.75, 3.05) is 0 Å². The minimum absolute atomic E-state index is 0.550. The summed E-state index contributed by atoms with van der Waals surface area (Å²) in [5.41, 5.74) is 0.550. The van der Waals surface area contributed by atoms with Crippen LogP contribution in [0.25, 0.3) is 0 Å². The van der Waals surface area contributed by atoms with Gasteiger partial charge < -0.3 is 0 Å². The lowest BCUT2D eigenvalue weighted by molar-refractivity contribution is 0.227. The Hall–Kier alpha value is 0.140. The first-order valence-electron chi connectivity index (χ1n) is 3.63. The zero-order valence-electron chi connectivity index (χ0n) is 6.04. The molecule has 0 atom stereocenters. The van der Waals surface area contributed by atoms with Gasteiger partial charge >= 0.3 is 0 Å². The molecular weight excluding hydrogens is 160 g/mol. The Kier molecular flexibility index (Phi) is 1.59. The van der Waals surface area contributed by atoms with Crippen LogP contribution in [0.3, 0.4) is 0 Å². The summed E-state index contributed by atoms with van der Waals surface area (Å²) in [7, 11) is 2.67. The standard InChI is InChI=1S/C7H10NP2/c1-7(3-2-4-7)6-5-8-10-9-6/h5H,2-4H2,1H3. The largest absolute Gasteiger partial charge is 0.230 e. The second-order valence-electron chi connectivity index (χ2n) is 3.23. The van der Waals surface area contributed by atoms with Crippen molar-refractivity contribution < 1.29 is 0 Å². The van der Waals surface area contributed by atoms with Gasteiger partial charge in [0.05, 0.1) is 8.02 Å². The number of allylic oxidation sites excluding steroid dienone is 1. The zero-order chi connectivity index (χ0) is 7.03. The van der Waals surface area contributed by atoms with Crippen molar-refractivity contribution in [3.05, 3.63) is 11.5 Å². The van der Waals surface area contributed by atoms with Crippen LogP contribution >= 0.6 is 15.9 Å². The van der Waals surface area contributed by atoms with Crippen LogP contribution in [0.4, 0.5) is 0 Å². The van der Waals surface area contributed by atoms with Crippen LogP contribution in [0.2, 0.25) is 0 Å². The Morgan fingerprint density at radius 1 is 1.60 bits per heavy atom. The van der Waals surface area contributed by atoms with Crippen LogP contribution in [0.5, 0.6) is 0 Å². The molecule has 1 fully saturated rings. The third-order valence-corrected chi connectivity index (χ3v) is 4.86. The van der Waals surface area contributed by atoms with Gasteiger partial charge in [0.25, 0.3) is 0 Å². The number of rotatable bonds is 1. The first-order chi connectivity index (χ1) is 4.81. The molecule has 0 aromatic rings. The summed E-state index contributed by atoms with van der Waals surface area (Å²) in [5, 5.41) is 5.78. The second-order valence-corrected chi connectivity index (χ2v) is 5.46. The predicted molar refractivity (Wildman–Crippen MR) is 46.0 cm³/mol. The molecule has 0 saturated heterocycles. The van der Waals surface area contributed by atoms with E-state index in [9.17, 15) is 0 Å². The molecule has 3 heteroatoms. The van der Waals surface area contributed by atoms with E-state index in [0.29, 0.717) is 5.41 Å². The lowest BCUT2D eigenvalue weighted by atomic mass is 9.70. The molecule has 1 aliphatic heterocycles. The van der Waals surface area contributed by atoms with E-state index >= 15 is 0 Å². The zero-order valence-corrected chi connectivity index (χ0v) is 7.83. The van der Waals surface area contributed by atoms with Gasteiger partial charge in [-0.2, -0.15) is 0 Å². The lowest BCUT2D eigenvalue weighted by Gasteiger charge is -2.38. The summed E-state index contributed by atoms with van der Waals surface area (Å²) in [5.74, 6) is 0. The maximum Gasteiger partial charge on any atom is 0.0696 e. The molecule has 2 rings (SSSR count). The van der Waals surface area contributed by atoms with E-state index < -0.39 is 0 Å². The van der Waals surface area contributed by atoms with Crippen LogP contribution in [-0.4, -0.2) is 0 Å². The third-order valence-electron chi connectivity index (χ3n) is 2.46. The van der Waals surface area contributed by atoms with E-state index in [-0.39, 0.29) is 0 Å². The summed E-state index contributed by atoms with van der Waals surface area (Å²) >= 11 is 0. The van der Waals surface area contributed by atoms with E-state index in [1.807, 2.05) is 0 Å². The quantitative estimate of drug-likeness (QED) is 0.535. The number of hydrogen-bond donors (Lipinski definition) is 0. The Morgan fingerprint density at radius 2 is 2.40 bits per heavy atom. The van der Waals surface area contributed by atoms with Crippen molar-refractivity contribution in [1.29, 1.82) is 0 Å². The molecule has 10 heavy (non-hydrogen) atoms. The minimum atomic E-state index is 0.550. The van der Waals surface area contributed by atoms with Crippen LogP contribution in [0.15, 0.2) is 11.5 Å². The van der Waals surface area contributed by atoms with E-state index in [2.05, 4.69) is 18.2 Å². The molecular formula is C7H10NP2. The molecule has 1 heterocycles. The van der Waals surface area contributed by atoms with Crippen molar-refractivity contribution in [1.82, 2.24) is 5.09 Å². The van der Waals surface area contributed by atoms with Gasteiger partial charge in [0, 0.05) is 11.5 Å². The summed E-state index contributed by atoms with van der Waals surface area (Å²) in [6.45, 7) is 2.37. The predicted octanol–water partition coefficient (Wildman–Crippen LogP) is 3.36. The summed E-state index contributed by atoms with van der Waals surface area (Å²) in [6.07, 6.45) is 6.27. The van der Waals surface area contributed by atoms with Crippen molar-refractivity contribution >= 4 is 15.9 Å². The molecule has 0 bridgehead atoms. The smallest absolute Gasteiger partial charge is 0.0696 e. The second kappa shape index (κ2) is 2.32. The molecule has 0 unspecified atom stereocenters. The first-order valence-corrected chi connectivity index (χ1v) is 6.07. The van der Waals surface area contributed by atoms with Crippen LogP contribution in [-0.2, 0) is 0 Å². The van der Waals surface area contributed by atoms with Crippen molar-refractivity contribution in [2.24, 2.45) is 5.41 Å². The Bertz CT molecular complexity index is 204. The van der Waals surface area contributed by atoms with Crippen molar-refractivity contribution in [3.63, 3.8) is 0 Å². The molecule has 0 amide bonds. The minimum Gasteiger partial charge on any atom is -0.230 e. The normalized spacial score (nSPS) is 30.3. The van der Waals surface area contributed by atoms with Gasteiger partial charge in [-0.05, 0) is 26.1 Å². The highest BCUT2D eigenvalue weighted by Gasteiger charge is 2.35. The van der Waals surface area contributed by atoms with Crippen molar-refractivity contribution in [2.45, 2.75) is 26.2 Å². The highest BCUT2D eigenvalue weighted by Crippen LogP contribution is 2.53. The van der Waals surface area contributed by atoms with Gasteiger partial charge in [-0.1, -0.05) is 13.3 Å². The molecule has 0 aromatic carbocycles. The molecule has 1 aliphatic carbocycles. The maximum absolute atomic E-state index is 4.21. The first kappa shape index (κ1) is 6.83. The molecule has 1 nitrogen and oxygen atoms in total. The summed E-state index contributed by atoms with van der Waals surface area (Å²) < 4.78 is 0. The van der Waals surface area contributed by atoms with Crippen LogP contribution < -0.4 is 5.09 Å². The molecule has 0 aromatic heterocycles. The fourth-order valence-corrected chi connectivity index (χ4v) is 3.88. The fraction of sp³-hybridized carbons (Fsp3) is 0.714. The fourth-order valence-electron chi connectivity index (χ4n) is 1.42. The molecule has 0 N–H and O–H groups in total. The maximum atomic E-state index is 4.21. The van der Waals surface area contributed by atoms with Crippen LogP contribution in [0.1, 0.15) is 26.2 Å². The molecule has 0 spiro atoms. The molecule has 53 valence electrons. The van der Waals surface area contributed by atoms with Gasteiger partial charge in [0.2, 0.25) is 0 Å². The SMILES string of the molecule is CC1(C2=C[N]P=P2)CCC1. The topological polar surface area (TPSA) is 14.1 Å². The number of hydrogen-bond acceptors (Lipinski definition) is 0. The highest BCUT2D eigenvalue weighted by atomic mass is 31.7. The average molecular weight is 170 g/mol. The Morgan fingerprint density at radius 3 is 2.80 bits per heavy atom. The highest BCUT2D eigenvalue weighted by molar-refractivity contribution is 7.85. The molecule has 1 saturated carbocycles. The van der Waals surface area contributed by atoms with Gasteiger partial charge in [0.1, 0.15) is 0 Å². The Labute approximate surface area is 64.8 Å². The van der Waals surface area contributed by atoms with E-state index in [4.69, 9.17) is 0 Å². The lowest BCUT2D eigenvalue weighted by Crippen LogP contribution is -2.25.